The van der Waals surface area contributed by atoms with Gasteiger partial charge < -0.3 is 0 Å². The molecule has 0 fully saturated rings. The smallest absolute Gasteiger partial charge is 0.0622 e. The molecule has 0 N–H and O–H groups in total. The van der Waals surface area contributed by atoms with Crippen LogP contribution >= 0.6 is 0 Å². The first-order chi connectivity index (χ1) is 11.9. The minimum absolute atomic E-state index is 0. The Hall–Kier alpha value is -2.60. The molecule has 4 aromatic rings. The van der Waals surface area contributed by atoms with E-state index in [1.54, 1.807) is 0 Å². The quantitative estimate of drug-likeness (QED) is 0.356. The molecule has 0 aromatic heterocycles. The Morgan fingerprint density at radius 3 is 0.760 bits per heavy atom. The van der Waals surface area contributed by atoms with Crippen LogP contribution in [0.15, 0.2) is 109 Å². The van der Waals surface area contributed by atoms with Crippen LogP contribution in [0.25, 0.3) is 33.4 Å². The van der Waals surface area contributed by atoms with Gasteiger partial charge in [-0.05, 0) is 51.6 Å². The van der Waals surface area contributed by atoms with Crippen molar-refractivity contribution in [3.8, 4) is 33.4 Å². The van der Waals surface area contributed by atoms with Gasteiger partial charge >= 0.3 is 17.1 Å². The zero-order chi connectivity index (χ0) is 16.2. The van der Waals surface area contributed by atoms with Gasteiger partial charge in [0, 0.05) is 0 Å². The maximum absolute atomic E-state index is 2.27. The van der Waals surface area contributed by atoms with Gasteiger partial charge in [-0.1, -0.05) is 91.0 Å². The van der Waals surface area contributed by atoms with Crippen LogP contribution in [0, 0.1) is 0 Å². The summed E-state index contributed by atoms with van der Waals surface area (Å²) in [6.07, 6.45) is 0. The molecule has 119 valence electrons. The molecule has 0 unspecified atom stereocenters. The Kier molecular flexibility index (Phi) is 5.50. The van der Waals surface area contributed by atoms with Gasteiger partial charge in [0.25, 0.3) is 0 Å². The summed E-state index contributed by atoms with van der Waals surface area (Å²) in [7, 11) is 0. The molecule has 25 heavy (non-hydrogen) atoms. The Balaban J connectivity index is 0.00000182. The summed E-state index contributed by atoms with van der Waals surface area (Å²) in [5.74, 6) is 0. The average molecular weight is 362 g/mol. The summed E-state index contributed by atoms with van der Waals surface area (Å²) in [6, 6.07) is 38.5. The number of benzene rings is 4. The number of hydrogen-bond donors (Lipinski definition) is 0. The van der Waals surface area contributed by atoms with Crippen molar-refractivity contribution in [2.45, 2.75) is 0 Å². The predicted octanol–water partition coefficient (Wildman–Crippen LogP) is 6.69. The monoisotopic (exact) mass is 362 g/mol. The first kappa shape index (κ1) is 17.2. The van der Waals surface area contributed by atoms with E-state index in [2.05, 4.69) is 109 Å². The van der Waals surface area contributed by atoms with Crippen LogP contribution in [0.2, 0.25) is 0 Å². The summed E-state index contributed by atoms with van der Waals surface area (Å²) in [4.78, 5) is 0. The van der Waals surface area contributed by atoms with E-state index in [0.717, 1.165) is 0 Å². The van der Waals surface area contributed by atoms with Gasteiger partial charge in [0.1, 0.15) is 0 Å². The SMILES string of the molecule is [Fe+3].c1ccc(-c2cc(-c3ccccc3)cc(-c3ccccc3)c2)cc1. The van der Waals surface area contributed by atoms with Gasteiger partial charge in [-0.3, -0.25) is 0 Å². The molecule has 1 radical (unpaired) electrons. The molecule has 0 saturated heterocycles. The minimum Gasteiger partial charge on any atom is -0.0622 e. The largest absolute Gasteiger partial charge is 3.00 e. The van der Waals surface area contributed by atoms with Crippen LogP contribution in [0.1, 0.15) is 0 Å². The third-order valence-electron chi connectivity index (χ3n) is 4.25. The van der Waals surface area contributed by atoms with Gasteiger partial charge in [0.15, 0.2) is 0 Å². The molecule has 0 heterocycles. The fourth-order valence-electron chi connectivity index (χ4n) is 3.02. The van der Waals surface area contributed by atoms with Crippen molar-refractivity contribution in [2.75, 3.05) is 0 Å². The zero-order valence-corrected chi connectivity index (χ0v) is 14.9. The van der Waals surface area contributed by atoms with Crippen molar-refractivity contribution in [1.82, 2.24) is 0 Å². The standard InChI is InChI=1S/C24H18.Fe/c1-4-10-19(11-5-1)22-16-23(20-12-6-2-7-13-20)18-24(17-22)21-14-8-3-9-15-21;/h1-18H;/q;+3. The van der Waals surface area contributed by atoms with Gasteiger partial charge in [-0.2, -0.15) is 0 Å². The molecule has 4 aromatic carbocycles. The molecule has 0 amide bonds. The van der Waals surface area contributed by atoms with Gasteiger partial charge in [0.05, 0.1) is 0 Å². The van der Waals surface area contributed by atoms with Crippen molar-refractivity contribution >= 4 is 0 Å². The Bertz CT molecular complexity index is 790. The average Bonchev–Trinajstić information content (AvgIpc) is 2.70. The third-order valence-corrected chi connectivity index (χ3v) is 4.25. The molecular formula is C24H18Fe+3. The fraction of sp³-hybridized carbons (Fsp3) is 0. The third kappa shape index (κ3) is 3.91. The van der Waals surface area contributed by atoms with E-state index >= 15 is 0 Å². The maximum Gasteiger partial charge on any atom is 3.00 e. The zero-order valence-electron chi connectivity index (χ0n) is 13.7. The molecule has 0 bridgehead atoms. The van der Waals surface area contributed by atoms with Crippen LogP contribution in [0.3, 0.4) is 0 Å². The van der Waals surface area contributed by atoms with E-state index in [4.69, 9.17) is 0 Å². The Morgan fingerprint density at radius 1 is 0.280 bits per heavy atom. The van der Waals surface area contributed by atoms with Crippen molar-refractivity contribution in [3.63, 3.8) is 0 Å². The molecule has 0 aliphatic heterocycles. The van der Waals surface area contributed by atoms with Gasteiger partial charge in [-0.25, -0.2) is 0 Å². The van der Waals surface area contributed by atoms with E-state index in [1.807, 2.05) is 0 Å². The molecule has 0 nitrogen and oxygen atoms in total. The Labute approximate surface area is 159 Å². The van der Waals surface area contributed by atoms with Crippen LogP contribution in [-0.2, 0) is 17.1 Å². The molecule has 4 rings (SSSR count). The molecule has 0 atom stereocenters. The molecule has 0 aliphatic carbocycles. The van der Waals surface area contributed by atoms with Crippen molar-refractivity contribution < 1.29 is 17.1 Å². The second-order valence-corrected chi connectivity index (χ2v) is 5.90. The van der Waals surface area contributed by atoms with E-state index in [1.165, 1.54) is 33.4 Å². The fourth-order valence-corrected chi connectivity index (χ4v) is 3.02. The topological polar surface area (TPSA) is 0 Å². The van der Waals surface area contributed by atoms with Crippen LogP contribution in [0.5, 0.6) is 0 Å². The summed E-state index contributed by atoms with van der Waals surface area (Å²) in [5, 5.41) is 0. The van der Waals surface area contributed by atoms with Crippen LogP contribution in [-0.4, -0.2) is 0 Å². The van der Waals surface area contributed by atoms with Crippen molar-refractivity contribution in [3.05, 3.63) is 109 Å². The summed E-state index contributed by atoms with van der Waals surface area (Å²) in [6.45, 7) is 0. The van der Waals surface area contributed by atoms with E-state index in [0.29, 0.717) is 0 Å². The first-order valence-corrected chi connectivity index (χ1v) is 8.21. The second kappa shape index (κ2) is 7.98. The number of rotatable bonds is 3. The normalized spacial score (nSPS) is 10.1. The van der Waals surface area contributed by atoms with Gasteiger partial charge in [0.2, 0.25) is 0 Å². The van der Waals surface area contributed by atoms with Gasteiger partial charge in [-0.15, -0.1) is 0 Å². The van der Waals surface area contributed by atoms with E-state index < -0.39 is 0 Å². The Morgan fingerprint density at radius 2 is 0.520 bits per heavy atom. The van der Waals surface area contributed by atoms with E-state index in [-0.39, 0.29) is 17.1 Å². The minimum atomic E-state index is 0. The summed E-state index contributed by atoms with van der Waals surface area (Å²) in [5.41, 5.74) is 7.47. The maximum atomic E-state index is 2.27. The summed E-state index contributed by atoms with van der Waals surface area (Å²) < 4.78 is 0. The van der Waals surface area contributed by atoms with Crippen LogP contribution < -0.4 is 0 Å². The summed E-state index contributed by atoms with van der Waals surface area (Å²) >= 11 is 0. The first-order valence-electron chi connectivity index (χ1n) is 8.21. The van der Waals surface area contributed by atoms with Crippen molar-refractivity contribution in [1.29, 1.82) is 0 Å². The molecule has 1 heteroatoms. The second-order valence-electron chi connectivity index (χ2n) is 5.90. The molecular weight excluding hydrogens is 344 g/mol. The molecule has 0 aliphatic rings. The van der Waals surface area contributed by atoms with Crippen LogP contribution in [0.4, 0.5) is 0 Å². The van der Waals surface area contributed by atoms with E-state index in [9.17, 15) is 0 Å². The number of hydrogen-bond acceptors (Lipinski definition) is 0. The van der Waals surface area contributed by atoms with Crippen molar-refractivity contribution in [2.24, 2.45) is 0 Å². The molecule has 0 saturated carbocycles. The predicted molar refractivity (Wildman–Crippen MR) is 103 cm³/mol. The molecule has 0 spiro atoms.